The van der Waals surface area contributed by atoms with E-state index in [1.165, 1.54) is 0 Å². The number of carbonyl (C=O) groups excluding carboxylic acids is 1. The molecule has 0 aliphatic carbocycles. The lowest BCUT2D eigenvalue weighted by Crippen LogP contribution is -2.34. The molecule has 0 saturated heterocycles. The highest BCUT2D eigenvalue weighted by molar-refractivity contribution is 9.11. The minimum absolute atomic E-state index is 0.0718. The zero-order chi connectivity index (χ0) is 12.7. The Morgan fingerprint density at radius 1 is 1.41 bits per heavy atom. The highest BCUT2D eigenvalue weighted by Crippen LogP contribution is 2.28. The minimum atomic E-state index is -0.0718. The van der Waals surface area contributed by atoms with E-state index in [-0.39, 0.29) is 11.8 Å². The quantitative estimate of drug-likeness (QED) is 0.759. The molecular weight excluding hydrogens is 300 g/mol. The Balaban J connectivity index is 2.28. The van der Waals surface area contributed by atoms with Crippen LogP contribution in [0.5, 0.6) is 0 Å². The molecule has 1 rings (SSSR count). The van der Waals surface area contributed by atoms with Crippen LogP contribution in [-0.2, 0) is 4.79 Å². The van der Waals surface area contributed by atoms with E-state index in [0.717, 1.165) is 28.2 Å². The monoisotopic (exact) mass is 318 g/mol. The molecule has 96 valence electrons. The van der Waals surface area contributed by atoms with Crippen molar-refractivity contribution >= 4 is 33.2 Å². The first-order chi connectivity index (χ1) is 8.15. The lowest BCUT2D eigenvalue weighted by atomic mass is 10.1. The van der Waals surface area contributed by atoms with Gasteiger partial charge in [0, 0.05) is 18.0 Å². The van der Waals surface area contributed by atoms with Gasteiger partial charge in [-0.2, -0.15) is 0 Å². The van der Waals surface area contributed by atoms with E-state index in [1.807, 2.05) is 19.1 Å². The van der Waals surface area contributed by atoms with Crippen LogP contribution in [0.15, 0.2) is 15.9 Å². The summed E-state index contributed by atoms with van der Waals surface area (Å²) >= 11 is 5.02. The number of thiophene rings is 1. The zero-order valence-corrected chi connectivity index (χ0v) is 12.7. The van der Waals surface area contributed by atoms with Gasteiger partial charge >= 0.3 is 0 Å². The molecule has 1 unspecified atom stereocenters. The van der Waals surface area contributed by atoms with Crippen molar-refractivity contribution in [2.24, 2.45) is 0 Å². The normalized spacial score (nSPS) is 12.4. The molecule has 1 atom stereocenters. The van der Waals surface area contributed by atoms with Crippen LogP contribution in [0.3, 0.4) is 0 Å². The van der Waals surface area contributed by atoms with Gasteiger partial charge in [0.25, 0.3) is 0 Å². The maximum absolute atomic E-state index is 11.8. The Morgan fingerprint density at radius 2 is 2.18 bits per heavy atom. The van der Waals surface area contributed by atoms with Crippen molar-refractivity contribution in [1.82, 2.24) is 10.6 Å². The molecule has 0 aromatic carbocycles. The molecule has 1 aromatic heterocycles. The first-order valence-electron chi connectivity index (χ1n) is 5.88. The average Bonchev–Trinajstić information content (AvgIpc) is 2.74. The molecule has 0 bridgehead atoms. The average molecular weight is 319 g/mol. The van der Waals surface area contributed by atoms with Crippen molar-refractivity contribution in [2.45, 2.75) is 26.2 Å². The lowest BCUT2D eigenvalue weighted by molar-refractivity contribution is -0.122. The Hall–Kier alpha value is -0.390. The second kappa shape index (κ2) is 7.84. The molecule has 1 aromatic rings. The fourth-order valence-corrected chi connectivity index (χ4v) is 2.89. The Labute approximate surface area is 115 Å². The third kappa shape index (κ3) is 5.19. The van der Waals surface area contributed by atoms with E-state index in [0.29, 0.717) is 6.54 Å². The Bertz CT molecular complexity index is 354. The molecule has 0 aliphatic rings. The highest BCUT2D eigenvalue weighted by atomic mass is 79.9. The molecule has 3 nitrogen and oxygen atoms in total. The summed E-state index contributed by atoms with van der Waals surface area (Å²) in [5.41, 5.74) is 0. The summed E-state index contributed by atoms with van der Waals surface area (Å²) in [5, 5.41) is 6.19. The second-order valence-corrected chi connectivity index (χ2v) is 6.40. The van der Waals surface area contributed by atoms with E-state index in [1.54, 1.807) is 11.3 Å². The lowest BCUT2D eigenvalue weighted by Gasteiger charge is -2.10. The maximum atomic E-state index is 11.8. The van der Waals surface area contributed by atoms with E-state index in [2.05, 4.69) is 33.5 Å². The summed E-state index contributed by atoms with van der Waals surface area (Å²) in [6, 6.07) is 3.97. The topological polar surface area (TPSA) is 41.1 Å². The molecule has 1 amide bonds. The summed E-state index contributed by atoms with van der Waals surface area (Å²) in [6.07, 6.45) is 1.12. The van der Waals surface area contributed by atoms with Gasteiger partial charge in [-0.3, -0.25) is 4.79 Å². The molecule has 0 saturated carbocycles. The van der Waals surface area contributed by atoms with Crippen LogP contribution in [0.4, 0.5) is 0 Å². The number of carbonyl (C=O) groups is 1. The largest absolute Gasteiger partial charge is 0.354 e. The standard InChI is InChI=1S/C12H19BrN2OS/c1-3-6-14-7-8-15-12(16)9(2)10-4-5-11(13)17-10/h4-5,9,14H,3,6-8H2,1-2H3,(H,15,16). The second-order valence-electron chi connectivity index (χ2n) is 3.90. The van der Waals surface area contributed by atoms with Crippen LogP contribution in [0.25, 0.3) is 0 Å². The molecule has 0 radical (unpaired) electrons. The van der Waals surface area contributed by atoms with Gasteiger partial charge in [-0.25, -0.2) is 0 Å². The summed E-state index contributed by atoms with van der Waals surface area (Å²) in [5.74, 6) is 0.0233. The van der Waals surface area contributed by atoms with Gasteiger partial charge in [0.1, 0.15) is 0 Å². The Kier molecular flexibility index (Phi) is 6.77. The van der Waals surface area contributed by atoms with Gasteiger partial charge in [-0.1, -0.05) is 6.92 Å². The van der Waals surface area contributed by atoms with Crippen molar-refractivity contribution in [3.8, 4) is 0 Å². The Morgan fingerprint density at radius 3 is 2.76 bits per heavy atom. The van der Waals surface area contributed by atoms with Crippen molar-refractivity contribution in [3.63, 3.8) is 0 Å². The number of rotatable bonds is 7. The number of amides is 1. The summed E-state index contributed by atoms with van der Waals surface area (Å²) < 4.78 is 1.07. The fraction of sp³-hybridized carbons (Fsp3) is 0.583. The smallest absolute Gasteiger partial charge is 0.228 e. The number of hydrogen-bond acceptors (Lipinski definition) is 3. The highest BCUT2D eigenvalue weighted by Gasteiger charge is 2.16. The van der Waals surface area contributed by atoms with Crippen LogP contribution in [-0.4, -0.2) is 25.5 Å². The van der Waals surface area contributed by atoms with Gasteiger partial charge in [-0.15, -0.1) is 11.3 Å². The molecule has 17 heavy (non-hydrogen) atoms. The third-order valence-corrected chi connectivity index (χ3v) is 4.25. The first-order valence-corrected chi connectivity index (χ1v) is 7.49. The van der Waals surface area contributed by atoms with Crippen molar-refractivity contribution in [1.29, 1.82) is 0 Å². The van der Waals surface area contributed by atoms with Gasteiger partial charge in [0.05, 0.1) is 9.70 Å². The minimum Gasteiger partial charge on any atom is -0.354 e. The van der Waals surface area contributed by atoms with Crippen molar-refractivity contribution in [2.75, 3.05) is 19.6 Å². The third-order valence-electron chi connectivity index (χ3n) is 2.44. The summed E-state index contributed by atoms with van der Waals surface area (Å²) in [6.45, 7) is 6.59. The first kappa shape index (κ1) is 14.7. The zero-order valence-electron chi connectivity index (χ0n) is 10.3. The van der Waals surface area contributed by atoms with E-state index in [4.69, 9.17) is 0 Å². The van der Waals surface area contributed by atoms with Crippen LogP contribution >= 0.6 is 27.3 Å². The fourth-order valence-electron chi connectivity index (χ4n) is 1.42. The van der Waals surface area contributed by atoms with E-state index >= 15 is 0 Å². The van der Waals surface area contributed by atoms with Crippen molar-refractivity contribution in [3.05, 3.63) is 20.8 Å². The van der Waals surface area contributed by atoms with Crippen molar-refractivity contribution < 1.29 is 4.79 Å². The summed E-state index contributed by atoms with van der Waals surface area (Å²) in [7, 11) is 0. The molecule has 1 heterocycles. The summed E-state index contributed by atoms with van der Waals surface area (Å²) in [4.78, 5) is 12.9. The molecule has 0 aliphatic heterocycles. The van der Waals surface area contributed by atoms with Gasteiger partial charge in [0.15, 0.2) is 0 Å². The molecule has 0 spiro atoms. The SMILES string of the molecule is CCCNCCNC(=O)C(C)c1ccc(Br)s1. The molecule has 2 N–H and O–H groups in total. The van der Waals surface area contributed by atoms with Crippen LogP contribution in [0.2, 0.25) is 0 Å². The van der Waals surface area contributed by atoms with Crippen LogP contribution < -0.4 is 10.6 Å². The predicted octanol–water partition coefficient (Wildman–Crippen LogP) is 2.73. The van der Waals surface area contributed by atoms with Gasteiger partial charge in [-0.05, 0) is 48.0 Å². The maximum Gasteiger partial charge on any atom is 0.228 e. The van der Waals surface area contributed by atoms with Crippen LogP contribution in [0.1, 0.15) is 31.1 Å². The molecule has 5 heteroatoms. The number of nitrogens with one attached hydrogen (secondary N) is 2. The van der Waals surface area contributed by atoms with E-state index < -0.39 is 0 Å². The number of hydrogen-bond donors (Lipinski definition) is 2. The van der Waals surface area contributed by atoms with Gasteiger partial charge < -0.3 is 10.6 Å². The number of halogens is 1. The van der Waals surface area contributed by atoms with Crippen LogP contribution in [0, 0.1) is 0 Å². The predicted molar refractivity (Wildman–Crippen MR) is 76.6 cm³/mol. The molecule has 0 fully saturated rings. The molecular formula is C12H19BrN2OS. The van der Waals surface area contributed by atoms with Gasteiger partial charge in [0.2, 0.25) is 5.91 Å². The van der Waals surface area contributed by atoms with E-state index in [9.17, 15) is 4.79 Å².